The first kappa shape index (κ1) is 54.2. The molecule has 0 heterocycles. The first-order chi connectivity index (χ1) is 21.3. The molecule has 0 aromatic heterocycles. The van der Waals surface area contributed by atoms with Crippen LogP contribution in [-0.4, -0.2) is 46.6 Å². The van der Waals surface area contributed by atoms with Gasteiger partial charge in [-0.15, -0.1) is 0 Å². The molecule has 0 amide bonds. The second-order valence-corrected chi connectivity index (χ2v) is 13.1. The van der Waals surface area contributed by atoms with Crippen LogP contribution in [0, 0.1) is 11.8 Å². The zero-order valence-corrected chi connectivity index (χ0v) is 33.5. The Balaban J connectivity index is -0.000000209. The standard InChI is InChI=1S/2C18H36O2.2CH4O.Zr/c2*1-17(2)15-13-11-9-7-5-3-4-6-8-10-12-14-16-18(19)20;2*1-2;/h2*17H,3-16H2,1-2H3,(H,19,20);2*2H,1H3;. The smallest absolute Gasteiger partial charge is 0.303 e. The van der Waals surface area contributed by atoms with Gasteiger partial charge in [-0.2, -0.15) is 0 Å². The molecule has 45 heavy (non-hydrogen) atoms. The molecule has 0 spiro atoms. The van der Waals surface area contributed by atoms with E-state index in [1.54, 1.807) is 0 Å². The number of hydrogen-bond donors (Lipinski definition) is 4. The molecule has 272 valence electrons. The van der Waals surface area contributed by atoms with Crippen molar-refractivity contribution in [3.05, 3.63) is 0 Å². The van der Waals surface area contributed by atoms with E-state index in [2.05, 4.69) is 27.7 Å². The molecule has 0 unspecified atom stereocenters. The van der Waals surface area contributed by atoms with E-state index < -0.39 is 11.9 Å². The van der Waals surface area contributed by atoms with Crippen molar-refractivity contribution in [1.82, 2.24) is 0 Å². The molecule has 0 atom stereocenters. The Hall–Kier alpha value is -0.257. The van der Waals surface area contributed by atoms with Crippen molar-refractivity contribution in [3.63, 3.8) is 0 Å². The monoisotopic (exact) mass is 723 g/mol. The summed E-state index contributed by atoms with van der Waals surface area (Å²) in [6.07, 6.45) is 34.6. The van der Waals surface area contributed by atoms with Crippen LogP contribution in [0.15, 0.2) is 0 Å². The number of rotatable bonds is 30. The zero-order valence-electron chi connectivity index (χ0n) is 31.1. The van der Waals surface area contributed by atoms with Gasteiger partial charge in [0.15, 0.2) is 0 Å². The molecule has 0 fully saturated rings. The van der Waals surface area contributed by atoms with Gasteiger partial charge < -0.3 is 20.4 Å². The Morgan fingerprint density at radius 3 is 0.667 bits per heavy atom. The number of hydrogen-bond acceptors (Lipinski definition) is 4. The predicted octanol–water partition coefficient (Wildman–Crippen LogP) is 11.6. The van der Waals surface area contributed by atoms with Gasteiger partial charge in [-0.25, -0.2) is 0 Å². The molecule has 0 saturated heterocycles. The Morgan fingerprint density at radius 1 is 0.356 bits per heavy atom. The first-order valence-corrected chi connectivity index (χ1v) is 18.6. The van der Waals surface area contributed by atoms with E-state index in [0.29, 0.717) is 12.8 Å². The van der Waals surface area contributed by atoms with Crippen LogP contribution in [-0.2, 0) is 35.8 Å². The van der Waals surface area contributed by atoms with Crippen LogP contribution in [0.4, 0.5) is 0 Å². The van der Waals surface area contributed by atoms with Gasteiger partial charge in [-0.1, -0.05) is 182 Å². The Kier molecular flexibility index (Phi) is 60.9. The average molecular weight is 724 g/mol. The SMILES string of the molecule is CC(C)CCCCCCCCCCCCCCC(=O)O.CC(C)CCCCCCCCCCCCCCC(=O)O.CO.CO.[Zr]. The minimum absolute atomic E-state index is 0. The van der Waals surface area contributed by atoms with Crippen molar-refractivity contribution in [3.8, 4) is 0 Å². The molecular formula is C38H80O6Zr. The topological polar surface area (TPSA) is 115 Å². The van der Waals surface area contributed by atoms with Gasteiger partial charge in [0.05, 0.1) is 0 Å². The molecule has 0 aliphatic heterocycles. The molecule has 4 N–H and O–H groups in total. The third-order valence-electron chi connectivity index (χ3n) is 7.84. The number of aliphatic carboxylic acids is 2. The molecule has 0 aromatic rings. The van der Waals surface area contributed by atoms with Gasteiger partial charge in [0.25, 0.3) is 0 Å². The molecule has 0 rings (SSSR count). The Morgan fingerprint density at radius 2 is 0.511 bits per heavy atom. The van der Waals surface area contributed by atoms with Crippen LogP contribution >= 0.6 is 0 Å². The number of carbonyl (C=O) groups is 2. The second-order valence-electron chi connectivity index (χ2n) is 13.1. The molecule has 7 heteroatoms. The average Bonchev–Trinajstić information content (AvgIpc) is 2.99. The van der Waals surface area contributed by atoms with Crippen LogP contribution in [0.3, 0.4) is 0 Å². The van der Waals surface area contributed by atoms with E-state index in [0.717, 1.165) is 51.7 Å². The van der Waals surface area contributed by atoms with Crippen molar-refractivity contribution in [2.75, 3.05) is 14.2 Å². The number of aliphatic hydroxyl groups excluding tert-OH is 2. The van der Waals surface area contributed by atoms with E-state index in [1.165, 1.54) is 141 Å². The quantitative estimate of drug-likeness (QED) is 0.0548. The predicted molar refractivity (Wildman–Crippen MR) is 191 cm³/mol. The molecule has 0 radical (unpaired) electrons. The van der Waals surface area contributed by atoms with Gasteiger partial charge >= 0.3 is 11.9 Å². The number of unbranched alkanes of at least 4 members (excludes halogenated alkanes) is 22. The number of aliphatic hydroxyl groups is 2. The summed E-state index contributed by atoms with van der Waals surface area (Å²) in [7, 11) is 2.00. The van der Waals surface area contributed by atoms with E-state index in [-0.39, 0.29) is 26.2 Å². The summed E-state index contributed by atoms with van der Waals surface area (Å²) in [4.78, 5) is 20.7. The fraction of sp³-hybridized carbons (Fsp3) is 0.947. The van der Waals surface area contributed by atoms with Gasteiger partial charge in [0.1, 0.15) is 0 Å². The normalized spacial score (nSPS) is 10.2. The molecule has 0 saturated carbocycles. The fourth-order valence-corrected chi connectivity index (χ4v) is 5.19. The second kappa shape index (κ2) is 50.6. The van der Waals surface area contributed by atoms with Crippen molar-refractivity contribution < 1.29 is 56.2 Å². The van der Waals surface area contributed by atoms with Crippen LogP contribution in [0.1, 0.15) is 207 Å². The van der Waals surface area contributed by atoms with Crippen molar-refractivity contribution in [1.29, 1.82) is 0 Å². The minimum atomic E-state index is -0.654. The van der Waals surface area contributed by atoms with Gasteiger partial charge in [-0.3, -0.25) is 9.59 Å². The summed E-state index contributed by atoms with van der Waals surface area (Å²) in [5.74, 6) is 0.424. The molecule has 0 bridgehead atoms. The van der Waals surface area contributed by atoms with E-state index >= 15 is 0 Å². The van der Waals surface area contributed by atoms with Crippen molar-refractivity contribution in [2.24, 2.45) is 11.8 Å². The van der Waals surface area contributed by atoms with E-state index in [4.69, 9.17) is 20.4 Å². The summed E-state index contributed by atoms with van der Waals surface area (Å²) < 4.78 is 0. The molecule has 0 aliphatic carbocycles. The van der Waals surface area contributed by atoms with Crippen molar-refractivity contribution in [2.45, 2.75) is 207 Å². The summed E-state index contributed by atoms with van der Waals surface area (Å²) in [6.45, 7) is 9.23. The third-order valence-corrected chi connectivity index (χ3v) is 7.84. The fourth-order valence-electron chi connectivity index (χ4n) is 5.19. The van der Waals surface area contributed by atoms with Crippen LogP contribution < -0.4 is 0 Å². The Bertz CT molecular complexity index is 482. The van der Waals surface area contributed by atoms with Gasteiger partial charge in [-0.05, 0) is 24.7 Å². The maximum absolute atomic E-state index is 10.3. The third kappa shape index (κ3) is 66.9. The van der Waals surface area contributed by atoms with Gasteiger partial charge in [0, 0.05) is 53.3 Å². The zero-order chi connectivity index (χ0) is 34.1. The van der Waals surface area contributed by atoms with E-state index in [9.17, 15) is 9.59 Å². The van der Waals surface area contributed by atoms with Crippen LogP contribution in [0.5, 0.6) is 0 Å². The number of carboxylic acids is 2. The molecule has 0 aliphatic rings. The van der Waals surface area contributed by atoms with E-state index in [1.807, 2.05) is 0 Å². The summed E-state index contributed by atoms with van der Waals surface area (Å²) in [6, 6.07) is 0. The maximum atomic E-state index is 10.3. The molecular weight excluding hydrogens is 644 g/mol. The molecule has 0 aromatic carbocycles. The first-order valence-electron chi connectivity index (χ1n) is 18.6. The largest absolute Gasteiger partial charge is 0.481 e. The molecule has 6 nitrogen and oxygen atoms in total. The van der Waals surface area contributed by atoms with Crippen molar-refractivity contribution >= 4 is 11.9 Å². The Labute approximate surface area is 300 Å². The van der Waals surface area contributed by atoms with Crippen LogP contribution in [0.25, 0.3) is 0 Å². The summed E-state index contributed by atoms with van der Waals surface area (Å²) in [5.41, 5.74) is 0. The summed E-state index contributed by atoms with van der Waals surface area (Å²) in [5, 5.41) is 31.0. The summed E-state index contributed by atoms with van der Waals surface area (Å²) >= 11 is 0. The number of carboxylic acid groups (broad SMARTS) is 2. The minimum Gasteiger partial charge on any atom is -0.481 e. The van der Waals surface area contributed by atoms with Gasteiger partial charge in [0.2, 0.25) is 0 Å². The maximum Gasteiger partial charge on any atom is 0.303 e. The van der Waals surface area contributed by atoms with Crippen LogP contribution in [0.2, 0.25) is 0 Å².